The van der Waals surface area contributed by atoms with Gasteiger partial charge in [-0.3, -0.25) is 4.79 Å². The number of rotatable bonds is 5. The van der Waals surface area contributed by atoms with Crippen LogP contribution in [0.15, 0.2) is 35.9 Å². The van der Waals surface area contributed by atoms with Crippen molar-refractivity contribution in [2.45, 2.75) is 51.7 Å². The van der Waals surface area contributed by atoms with Gasteiger partial charge in [-0.2, -0.15) is 0 Å². The van der Waals surface area contributed by atoms with Crippen molar-refractivity contribution < 1.29 is 19.0 Å². The third kappa shape index (κ3) is 3.29. The number of hydrogen-bond donors (Lipinski definition) is 2. The van der Waals surface area contributed by atoms with Crippen LogP contribution in [0.2, 0.25) is 0 Å². The molecule has 1 aromatic rings. The van der Waals surface area contributed by atoms with Gasteiger partial charge in [0, 0.05) is 24.3 Å². The summed E-state index contributed by atoms with van der Waals surface area (Å²) in [6, 6.07) is 6.48. The molecule has 1 aromatic carbocycles. The van der Waals surface area contributed by atoms with E-state index < -0.39 is 6.10 Å². The van der Waals surface area contributed by atoms with E-state index in [-0.39, 0.29) is 35.1 Å². The molecule has 0 bridgehead atoms. The maximum absolute atomic E-state index is 13.0. The quantitative estimate of drug-likeness (QED) is 0.463. The topological polar surface area (TPSA) is 58.6 Å². The van der Waals surface area contributed by atoms with Gasteiger partial charge in [-0.15, -0.1) is 0 Å². The summed E-state index contributed by atoms with van der Waals surface area (Å²) in [5.41, 5.74) is 2.05. The van der Waals surface area contributed by atoms with Gasteiger partial charge < -0.3 is 15.2 Å². The van der Waals surface area contributed by atoms with E-state index in [4.69, 9.17) is 4.74 Å². The van der Waals surface area contributed by atoms with Crippen LogP contribution in [0.4, 0.5) is 4.39 Å². The first-order chi connectivity index (χ1) is 13.4. The fourth-order valence-corrected chi connectivity index (χ4v) is 5.44. The minimum absolute atomic E-state index is 0.159. The molecule has 4 nitrogen and oxygen atoms in total. The molecular weight excluding hydrogens is 357 g/mol. The lowest BCUT2D eigenvalue weighted by Crippen LogP contribution is -2.54. The fraction of sp³-hybridized carbons (Fsp3) is 0.609. The van der Waals surface area contributed by atoms with Crippen molar-refractivity contribution in [1.82, 2.24) is 5.32 Å². The van der Waals surface area contributed by atoms with Crippen LogP contribution in [0, 0.1) is 29.0 Å². The highest BCUT2D eigenvalue weighted by atomic mass is 19.1. The van der Waals surface area contributed by atoms with Gasteiger partial charge in [0.2, 0.25) is 0 Å². The van der Waals surface area contributed by atoms with E-state index in [1.165, 1.54) is 17.7 Å². The maximum Gasteiger partial charge on any atom is 0.311 e. The van der Waals surface area contributed by atoms with E-state index in [1.807, 2.05) is 0 Å². The van der Waals surface area contributed by atoms with Gasteiger partial charge in [0.1, 0.15) is 11.9 Å². The second-order valence-electron chi connectivity index (χ2n) is 8.88. The number of ether oxygens (including phenoxy) is 1. The molecule has 2 aliphatic carbocycles. The van der Waals surface area contributed by atoms with Crippen molar-refractivity contribution in [2.75, 3.05) is 13.1 Å². The van der Waals surface area contributed by atoms with Crippen LogP contribution in [0.1, 0.15) is 38.7 Å². The molecule has 0 radical (unpaired) electrons. The summed E-state index contributed by atoms with van der Waals surface area (Å²) in [6.45, 7) is 5.57. The summed E-state index contributed by atoms with van der Waals surface area (Å²) < 4.78 is 18.7. The molecule has 0 amide bonds. The third-order valence-corrected chi connectivity index (χ3v) is 7.44. The molecule has 3 aliphatic rings. The molecule has 6 unspecified atom stereocenters. The predicted molar refractivity (Wildman–Crippen MR) is 105 cm³/mol. The average Bonchev–Trinajstić information content (AvgIpc) is 2.98. The summed E-state index contributed by atoms with van der Waals surface area (Å²) in [4.78, 5) is 12.5. The minimum Gasteiger partial charge on any atom is -0.461 e. The van der Waals surface area contributed by atoms with E-state index in [9.17, 15) is 14.3 Å². The smallest absolute Gasteiger partial charge is 0.311 e. The summed E-state index contributed by atoms with van der Waals surface area (Å²) in [7, 11) is 0. The van der Waals surface area contributed by atoms with Gasteiger partial charge in [0.05, 0.1) is 12.0 Å². The zero-order valence-corrected chi connectivity index (χ0v) is 16.7. The van der Waals surface area contributed by atoms with Gasteiger partial charge in [-0.25, -0.2) is 4.39 Å². The predicted octanol–water partition coefficient (Wildman–Crippen LogP) is 3.24. The van der Waals surface area contributed by atoms with E-state index in [2.05, 4.69) is 25.2 Å². The van der Waals surface area contributed by atoms with Gasteiger partial charge >= 0.3 is 5.97 Å². The Labute approximate surface area is 166 Å². The number of esters is 1. The standard InChI is InChI=1S/C23H30FNO3/c1-14-4-3-5-16-12-19-20(21(26)23(14,16)2)18(22(27)28-19)13-25-11-10-15-6-8-17(24)9-7-15/h5-9,14,18-21,25-26H,3-4,10-13H2,1-2H3. The molecule has 0 aromatic heterocycles. The second kappa shape index (κ2) is 7.60. The van der Waals surface area contributed by atoms with Crippen molar-refractivity contribution in [2.24, 2.45) is 23.2 Å². The van der Waals surface area contributed by atoms with E-state index in [0.717, 1.165) is 31.2 Å². The molecule has 1 saturated carbocycles. The number of allylic oxidation sites excluding steroid dienone is 1. The van der Waals surface area contributed by atoms with Crippen molar-refractivity contribution in [1.29, 1.82) is 0 Å². The number of carbonyl (C=O) groups excluding carboxylic acids is 1. The summed E-state index contributed by atoms with van der Waals surface area (Å²) >= 11 is 0. The molecule has 5 heteroatoms. The molecule has 2 N–H and O–H groups in total. The Hall–Kier alpha value is -1.72. The van der Waals surface area contributed by atoms with Crippen molar-refractivity contribution >= 4 is 5.97 Å². The van der Waals surface area contributed by atoms with Crippen molar-refractivity contribution in [3.05, 3.63) is 47.3 Å². The Kier molecular flexibility index (Phi) is 5.32. The molecule has 152 valence electrons. The molecule has 6 atom stereocenters. The SMILES string of the molecule is CC1CCC=C2CC3OC(=O)C(CNCCc4ccc(F)cc4)C3C(O)C21C. The largest absolute Gasteiger partial charge is 0.461 e. The first kappa shape index (κ1) is 19.6. The van der Waals surface area contributed by atoms with Gasteiger partial charge in [0.25, 0.3) is 0 Å². The van der Waals surface area contributed by atoms with Crippen LogP contribution in [-0.2, 0) is 16.0 Å². The number of benzene rings is 1. The molecule has 0 spiro atoms. The molecule has 1 aliphatic heterocycles. The summed E-state index contributed by atoms with van der Waals surface area (Å²) in [5.74, 6) is -0.513. The molecule has 1 saturated heterocycles. The molecular formula is C23H30FNO3. The fourth-order valence-electron chi connectivity index (χ4n) is 5.44. The Balaban J connectivity index is 1.41. The zero-order chi connectivity index (χ0) is 19.9. The number of aliphatic hydroxyl groups excluding tert-OH is 1. The zero-order valence-electron chi connectivity index (χ0n) is 16.7. The lowest BCUT2D eigenvalue weighted by Gasteiger charge is -2.51. The number of halogens is 1. The van der Waals surface area contributed by atoms with E-state index >= 15 is 0 Å². The van der Waals surface area contributed by atoms with Crippen molar-refractivity contribution in [3.63, 3.8) is 0 Å². The lowest BCUT2D eigenvalue weighted by atomic mass is 9.55. The normalized spacial score (nSPS) is 37.1. The molecule has 28 heavy (non-hydrogen) atoms. The molecule has 2 fully saturated rings. The van der Waals surface area contributed by atoms with Crippen LogP contribution in [0.25, 0.3) is 0 Å². The molecule has 1 heterocycles. The second-order valence-corrected chi connectivity index (χ2v) is 8.88. The number of carbonyl (C=O) groups is 1. The highest BCUT2D eigenvalue weighted by Crippen LogP contribution is 2.55. The molecule has 4 rings (SSSR count). The first-order valence-corrected chi connectivity index (χ1v) is 10.4. The van der Waals surface area contributed by atoms with Crippen LogP contribution >= 0.6 is 0 Å². The van der Waals surface area contributed by atoms with Crippen LogP contribution in [-0.4, -0.2) is 36.4 Å². The first-order valence-electron chi connectivity index (χ1n) is 10.4. The van der Waals surface area contributed by atoms with Gasteiger partial charge in [0.15, 0.2) is 0 Å². The Bertz CT molecular complexity index is 762. The van der Waals surface area contributed by atoms with E-state index in [1.54, 1.807) is 12.1 Å². The number of fused-ring (bicyclic) bond motifs is 2. The Morgan fingerprint density at radius 3 is 2.82 bits per heavy atom. The minimum atomic E-state index is -0.567. The maximum atomic E-state index is 13.0. The van der Waals surface area contributed by atoms with Crippen LogP contribution in [0.5, 0.6) is 0 Å². The highest BCUT2D eigenvalue weighted by molar-refractivity contribution is 5.76. The van der Waals surface area contributed by atoms with Crippen molar-refractivity contribution in [3.8, 4) is 0 Å². The Morgan fingerprint density at radius 1 is 1.32 bits per heavy atom. The average molecular weight is 387 g/mol. The summed E-state index contributed by atoms with van der Waals surface area (Å²) in [6.07, 6.45) is 5.10. The van der Waals surface area contributed by atoms with E-state index in [0.29, 0.717) is 19.0 Å². The lowest BCUT2D eigenvalue weighted by molar-refractivity contribution is -0.144. The third-order valence-electron chi connectivity index (χ3n) is 7.44. The Morgan fingerprint density at radius 2 is 2.07 bits per heavy atom. The van der Waals surface area contributed by atoms with Gasteiger partial charge in [-0.05, 0) is 49.4 Å². The number of nitrogens with one attached hydrogen (secondary N) is 1. The number of aliphatic hydroxyl groups is 1. The highest BCUT2D eigenvalue weighted by Gasteiger charge is 2.59. The van der Waals surface area contributed by atoms with Crippen LogP contribution in [0.3, 0.4) is 0 Å². The summed E-state index contributed by atoms with van der Waals surface area (Å²) in [5, 5.41) is 14.7. The monoisotopic (exact) mass is 387 g/mol. The van der Waals surface area contributed by atoms with Gasteiger partial charge in [-0.1, -0.05) is 37.6 Å². The number of hydrogen-bond acceptors (Lipinski definition) is 4. The van der Waals surface area contributed by atoms with Crippen LogP contribution < -0.4 is 5.32 Å².